The number of hydrogen-bond donors (Lipinski definition) is 0. The van der Waals surface area contributed by atoms with Crippen molar-refractivity contribution in [3.8, 4) is 11.5 Å². The van der Waals surface area contributed by atoms with E-state index in [2.05, 4.69) is 41.5 Å². The minimum Gasteiger partial charge on any atom is -0.543 e. The van der Waals surface area contributed by atoms with Gasteiger partial charge in [-0.25, -0.2) is 0 Å². The Morgan fingerprint density at radius 2 is 0.750 bits per heavy atom. The number of ketones is 2. The lowest BCUT2D eigenvalue weighted by molar-refractivity contribution is 0.0975. The van der Waals surface area contributed by atoms with E-state index in [4.69, 9.17) is 8.85 Å². The van der Waals surface area contributed by atoms with Gasteiger partial charge < -0.3 is 8.85 Å². The summed E-state index contributed by atoms with van der Waals surface area (Å²) in [5, 5.41) is 0. The first-order valence-corrected chi connectivity index (χ1v) is 23.1. The van der Waals surface area contributed by atoms with Gasteiger partial charge in [-0.2, -0.15) is 0 Å². The Kier molecular flexibility index (Phi) is 14.9. The van der Waals surface area contributed by atoms with Gasteiger partial charge in [0.15, 0.2) is 5.78 Å². The zero-order valence-corrected chi connectivity index (χ0v) is 30.8. The highest BCUT2D eigenvalue weighted by Crippen LogP contribution is 2.42. The molecular formula is C38H60O4Si2. The van der Waals surface area contributed by atoms with Gasteiger partial charge in [0.1, 0.15) is 11.5 Å². The monoisotopic (exact) mass is 636 g/mol. The highest BCUT2D eigenvalue weighted by atomic mass is 28.4. The Labute approximate surface area is 271 Å². The normalized spacial score (nSPS) is 13.1. The number of hydrogen-bond acceptors (Lipinski definition) is 4. The van der Waals surface area contributed by atoms with E-state index in [1.54, 1.807) is 0 Å². The number of rotatable bonds is 22. The highest BCUT2D eigenvalue weighted by Gasteiger charge is 2.41. The third kappa shape index (κ3) is 8.96. The first-order valence-electron chi connectivity index (χ1n) is 18.1. The fourth-order valence-corrected chi connectivity index (χ4v) is 16.2. The third-order valence-corrected chi connectivity index (χ3v) is 18.5. The first kappa shape index (κ1) is 36.3. The van der Waals surface area contributed by atoms with Gasteiger partial charge in [-0.05, 0) is 48.4 Å². The van der Waals surface area contributed by atoms with E-state index in [0.717, 1.165) is 113 Å². The zero-order valence-electron chi connectivity index (χ0n) is 28.8. The van der Waals surface area contributed by atoms with Crippen LogP contribution in [0.3, 0.4) is 0 Å². The molecule has 4 nitrogen and oxygen atoms in total. The van der Waals surface area contributed by atoms with Crippen LogP contribution < -0.4 is 8.85 Å². The number of unbranched alkanes of at least 4 members (excludes halogenated alkanes) is 6. The lowest BCUT2D eigenvalue weighted by Gasteiger charge is -2.35. The Hall–Kier alpha value is -2.19. The SMILES string of the molecule is CCCC[Si](CCCC)(CCCC)Oc1cccc2c1C(=O)c1c(O[Si](CCCC)(CCCC)CCCC)cccc1C2=O. The fraction of sp³-hybridized carbons (Fsp3) is 0.632. The van der Waals surface area contributed by atoms with Crippen molar-refractivity contribution in [1.82, 2.24) is 0 Å². The molecule has 0 saturated heterocycles. The maximum absolute atomic E-state index is 14.7. The first-order chi connectivity index (χ1) is 21.3. The van der Waals surface area contributed by atoms with Gasteiger partial charge in [-0.15, -0.1) is 0 Å². The molecule has 0 N–H and O–H groups in total. The second-order valence-corrected chi connectivity index (χ2v) is 21.3. The van der Waals surface area contributed by atoms with Crippen molar-refractivity contribution in [3.63, 3.8) is 0 Å². The van der Waals surface area contributed by atoms with Gasteiger partial charge in [-0.1, -0.05) is 143 Å². The molecule has 0 saturated carbocycles. The molecule has 0 spiro atoms. The van der Waals surface area contributed by atoms with Crippen molar-refractivity contribution in [2.75, 3.05) is 0 Å². The molecule has 0 amide bonds. The van der Waals surface area contributed by atoms with Crippen LogP contribution in [0.15, 0.2) is 36.4 Å². The van der Waals surface area contributed by atoms with Crippen LogP contribution in [0.5, 0.6) is 11.5 Å². The molecule has 0 radical (unpaired) electrons. The van der Waals surface area contributed by atoms with Crippen molar-refractivity contribution in [2.45, 2.75) is 155 Å². The molecule has 0 aliphatic heterocycles. The van der Waals surface area contributed by atoms with E-state index in [9.17, 15) is 9.59 Å². The summed E-state index contributed by atoms with van der Waals surface area (Å²) in [6.45, 7) is 13.5. The standard InChI is InChI=1S/C38H60O4Si2/c1-7-13-25-43(26-14-8-2,27-15-9-3)41-33-23-19-21-31-35(33)38(40)36-32(37(31)39)22-20-24-34(36)42-44(28-16-10-4,29-17-11-5)30-18-12-6/h19-24H,7-18,25-30H2,1-6H3. The fourth-order valence-electron chi connectivity index (χ4n) is 6.87. The van der Waals surface area contributed by atoms with Gasteiger partial charge in [0.05, 0.1) is 11.1 Å². The van der Waals surface area contributed by atoms with E-state index in [1.165, 1.54) is 0 Å². The van der Waals surface area contributed by atoms with Crippen LogP contribution in [0, 0.1) is 0 Å². The topological polar surface area (TPSA) is 52.6 Å². The maximum Gasteiger partial charge on any atom is 0.251 e. The van der Waals surface area contributed by atoms with Gasteiger partial charge in [0.2, 0.25) is 5.78 Å². The largest absolute Gasteiger partial charge is 0.543 e. The van der Waals surface area contributed by atoms with E-state index in [1.807, 2.05) is 36.4 Å². The Bertz CT molecular complexity index is 1070. The summed E-state index contributed by atoms with van der Waals surface area (Å²) in [6, 6.07) is 17.9. The quantitative estimate of drug-likeness (QED) is 0.103. The Morgan fingerprint density at radius 3 is 1.02 bits per heavy atom. The molecular weight excluding hydrogens is 577 g/mol. The van der Waals surface area contributed by atoms with Crippen molar-refractivity contribution < 1.29 is 18.4 Å². The second kappa shape index (κ2) is 18.1. The van der Waals surface area contributed by atoms with E-state index >= 15 is 0 Å². The lowest BCUT2D eigenvalue weighted by Crippen LogP contribution is -2.43. The summed E-state index contributed by atoms with van der Waals surface area (Å²) >= 11 is 0. The van der Waals surface area contributed by atoms with Gasteiger partial charge >= 0.3 is 0 Å². The maximum atomic E-state index is 14.7. The van der Waals surface area contributed by atoms with Crippen LogP contribution in [0.4, 0.5) is 0 Å². The van der Waals surface area contributed by atoms with Crippen molar-refractivity contribution in [2.24, 2.45) is 0 Å². The molecule has 1 aliphatic rings. The molecule has 2 aromatic carbocycles. The number of carbonyl (C=O) groups excluding carboxylic acids is 2. The molecule has 0 unspecified atom stereocenters. The van der Waals surface area contributed by atoms with E-state index < -0.39 is 16.6 Å². The van der Waals surface area contributed by atoms with Crippen molar-refractivity contribution >= 4 is 28.2 Å². The molecule has 0 atom stereocenters. The number of benzene rings is 2. The summed E-state index contributed by atoms with van der Waals surface area (Å²) in [5.41, 5.74) is 1.89. The molecule has 3 rings (SSSR count). The molecule has 0 heterocycles. The average molecular weight is 637 g/mol. The summed E-state index contributed by atoms with van der Waals surface area (Å²) in [4.78, 5) is 28.8. The lowest BCUT2D eigenvalue weighted by atomic mass is 9.83. The van der Waals surface area contributed by atoms with Crippen LogP contribution >= 0.6 is 0 Å². The van der Waals surface area contributed by atoms with Crippen LogP contribution in [0.1, 0.15) is 150 Å². The molecule has 6 heteroatoms. The van der Waals surface area contributed by atoms with Crippen LogP contribution in [0.25, 0.3) is 0 Å². The molecule has 244 valence electrons. The van der Waals surface area contributed by atoms with Crippen LogP contribution in [0.2, 0.25) is 36.3 Å². The summed E-state index contributed by atoms with van der Waals surface area (Å²) in [7, 11) is -4.37. The molecule has 0 fully saturated rings. The van der Waals surface area contributed by atoms with E-state index in [0.29, 0.717) is 33.8 Å². The van der Waals surface area contributed by atoms with Crippen molar-refractivity contribution in [3.05, 3.63) is 58.7 Å². The van der Waals surface area contributed by atoms with E-state index in [-0.39, 0.29) is 11.6 Å². The average Bonchev–Trinajstić information content (AvgIpc) is 3.04. The summed E-state index contributed by atoms with van der Waals surface area (Å²) < 4.78 is 14.3. The summed E-state index contributed by atoms with van der Waals surface area (Å²) in [6.07, 6.45) is 13.6. The second-order valence-electron chi connectivity index (χ2n) is 13.2. The Balaban J connectivity index is 2.12. The minimum absolute atomic E-state index is 0.0867. The predicted octanol–water partition coefficient (Wildman–Crippen LogP) is 11.9. The van der Waals surface area contributed by atoms with Gasteiger partial charge in [0.25, 0.3) is 16.6 Å². The smallest absolute Gasteiger partial charge is 0.251 e. The molecule has 1 aliphatic carbocycles. The minimum atomic E-state index is -2.19. The molecule has 0 aromatic heterocycles. The molecule has 0 bridgehead atoms. The Morgan fingerprint density at radius 1 is 0.455 bits per heavy atom. The summed E-state index contributed by atoms with van der Waals surface area (Å²) in [5.74, 6) is 1.07. The van der Waals surface area contributed by atoms with Gasteiger partial charge in [-0.3, -0.25) is 9.59 Å². The highest BCUT2D eigenvalue weighted by molar-refractivity contribution is 6.75. The predicted molar refractivity (Wildman–Crippen MR) is 191 cm³/mol. The number of fused-ring (bicyclic) bond motifs is 2. The number of carbonyl (C=O) groups is 2. The molecule has 2 aromatic rings. The van der Waals surface area contributed by atoms with Crippen molar-refractivity contribution in [1.29, 1.82) is 0 Å². The van der Waals surface area contributed by atoms with Crippen LogP contribution in [-0.2, 0) is 0 Å². The van der Waals surface area contributed by atoms with Gasteiger partial charge in [0, 0.05) is 11.1 Å². The molecule has 44 heavy (non-hydrogen) atoms. The third-order valence-electron chi connectivity index (χ3n) is 9.56. The zero-order chi connectivity index (χ0) is 32.0. The van der Waals surface area contributed by atoms with Crippen LogP contribution in [-0.4, -0.2) is 28.2 Å².